The highest BCUT2D eigenvalue weighted by Gasteiger charge is 2.31. The predicted molar refractivity (Wildman–Crippen MR) is 54.2 cm³/mol. The zero-order valence-corrected chi connectivity index (χ0v) is 9.09. The minimum atomic E-state index is -4.43. The first-order valence-corrected chi connectivity index (χ1v) is 4.82. The fraction of sp³-hybridized carbons (Fsp3) is 0.222. The van der Waals surface area contributed by atoms with Crippen LogP contribution >= 0.6 is 22.6 Å². The van der Waals surface area contributed by atoms with Crippen LogP contribution in [0.15, 0.2) is 24.3 Å². The number of carbonyl (C=O) groups excluding carboxylic acids is 1. The van der Waals surface area contributed by atoms with E-state index in [1.807, 2.05) is 22.6 Å². The smallest absolute Gasteiger partial charge is 0.294 e. The number of Topliss-reactive ketones (excluding diaryl/α,β-unsaturated/α-hetero) is 1. The van der Waals surface area contributed by atoms with Crippen LogP contribution in [-0.2, 0) is 0 Å². The van der Waals surface area contributed by atoms with Gasteiger partial charge in [0.15, 0.2) is 5.78 Å². The molecule has 1 nitrogen and oxygen atoms in total. The maximum absolute atomic E-state index is 11.8. The molecule has 0 aliphatic carbocycles. The molecule has 0 amide bonds. The van der Waals surface area contributed by atoms with E-state index in [2.05, 4.69) is 0 Å². The minimum Gasteiger partial charge on any atom is -0.294 e. The summed E-state index contributed by atoms with van der Waals surface area (Å²) in [4.78, 5) is 11.0. The molecule has 5 heteroatoms. The van der Waals surface area contributed by atoms with Crippen molar-refractivity contribution in [1.82, 2.24) is 0 Å². The van der Waals surface area contributed by atoms with Crippen LogP contribution < -0.4 is 0 Å². The van der Waals surface area contributed by atoms with Gasteiger partial charge in [-0.3, -0.25) is 4.79 Å². The molecule has 0 aliphatic rings. The summed E-state index contributed by atoms with van der Waals surface area (Å²) in [6.07, 6.45) is -5.83. The van der Waals surface area contributed by atoms with E-state index in [4.69, 9.17) is 0 Å². The van der Waals surface area contributed by atoms with E-state index in [-0.39, 0.29) is 5.56 Å². The quantitative estimate of drug-likeness (QED) is 0.604. The van der Waals surface area contributed by atoms with Crippen LogP contribution in [0.3, 0.4) is 0 Å². The third-order valence-corrected chi connectivity index (χ3v) is 2.25. The molecule has 0 radical (unpaired) electrons. The summed E-state index contributed by atoms with van der Waals surface area (Å²) in [6.45, 7) is 0. The SMILES string of the molecule is O=C(CC(F)(F)F)c1ccc(I)cc1. The molecule has 0 saturated carbocycles. The van der Waals surface area contributed by atoms with Gasteiger partial charge in [-0.05, 0) is 34.7 Å². The lowest BCUT2D eigenvalue weighted by molar-refractivity contribution is -0.125. The minimum absolute atomic E-state index is 0.0998. The molecular formula is C9H6F3IO. The van der Waals surface area contributed by atoms with Crippen molar-refractivity contribution in [2.75, 3.05) is 0 Å². The Hall–Kier alpha value is -0.590. The van der Waals surface area contributed by atoms with Crippen molar-refractivity contribution in [3.8, 4) is 0 Å². The van der Waals surface area contributed by atoms with Crippen molar-refractivity contribution in [3.63, 3.8) is 0 Å². The van der Waals surface area contributed by atoms with E-state index >= 15 is 0 Å². The maximum Gasteiger partial charge on any atom is 0.396 e. The van der Waals surface area contributed by atoms with Gasteiger partial charge in [0, 0.05) is 9.13 Å². The standard InChI is InChI=1S/C9H6F3IO/c10-9(11,12)5-8(14)6-1-3-7(13)4-2-6/h1-4H,5H2. The van der Waals surface area contributed by atoms with E-state index in [0.29, 0.717) is 0 Å². The fourth-order valence-electron chi connectivity index (χ4n) is 0.920. The summed E-state index contributed by atoms with van der Waals surface area (Å²) >= 11 is 2.01. The average molecular weight is 314 g/mol. The zero-order chi connectivity index (χ0) is 10.8. The number of halogens is 4. The maximum atomic E-state index is 11.8. The van der Waals surface area contributed by atoms with Crippen LogP contribution in [0.5, 0.6) is 0 Å². The van der Waals surface area contributed by atoms with Gasteiger partial charge in [-0.15, -0.1) is 0 Å². The Kier molecular flexibility index (Phi) is 3.52. The van der Waals surface area contributed by atoms with Gasteiger partial charge in [0.1, 0.15) is 6.42 Å². The Labute approximate surface area is 92.4 Å². The number of hydrogen-bond acceptors (Lipinski definition) is 1. The molecule has 0 aromatic heterocycles. The summed E-state index contributed by atoms with van der Waals surface area (Å²) in [7, 11) is 0. The highest BCUT2D eigenvalue weighted by molar-refractivity contribution is 14.1. The molecule has 0 bridgehead atoms. The van der Waals surface area contributed by atoms with Gasteiger partial charge < -0.3 is 0 Å². The van der Waals surface area contributed by atoms with Crippen molar-refractivity contribution >= 4 is 28.4 Å². The Morgan fingerprint density at radius 2 is 1.71 bits per heavy atom. The fourth-order valence-corrected chi connectivity index (χ4v) is 1.28. The van der Waals surface area contributed by atoms with Crippen LogP contribution in [0.4, 0.5) is 13.2 Å². The van der Waals surface area contributed by atoms with Gasteiger partial charge in [0.2, 0.25) is 0 Å². The summed E-state index contributed by atoms with van der Waals surface area (Å²) in [5.41, 5.74) is 0.0998. The third kappa shape index (κ3) is 3.65. The number of hydrogen-bond donors (Lipinski definition) is 0. The number of carbonyl (C=O) groups is 1. The van der Waals surface area contributed by atoms with Crippen molar-refractivity contribution in [3.05, 3.63) is 33.4 Å². The molecule has 0 saturated heterocycles. The lowest BCUT2D eigenvalue weighted by Crippen LogP contribution is -2.14. The normalized spacial score (nSPS) is 11.4. The van der Waals surface area contributed by atoms with Crippen molar-refractivity contribution in [1.29, 1.82) is 0 Å². The van der Waals surface area contributed by atoms with Gasteiger partial charge >= 0.3 is 6.18 Å². The Morgan fingerprint density at radius 1 is 1.21 bits per heavy atom. The first-order valence-electron chi connectivity index (χ1n) is 3.74. The average Bonchev–Trinajstić information content (AvgIpc) is 2.02. The molecule has 1 aromatic carbocycles. The number of alkyl halides is 3. The molecule has 0 heterocycles. The number of ketones is 1. The largest absolute Gasteiger partial charge is 0.396 e. The van der Waals surface area contributed by atoms with Crippen LogP contribution in [0.25, 0.3) is 0 Å². The Balaban J connectivity index is 2.76. The molecule has 1 rings (SSSR count). The molecule has 0 atom stereocenters. The second-order valence-electron chi connectivity index (χ2n) is 2.72. The second-order valence-corrected chi connectivity index (χ2v) is 3.97. The third-order valence-electron chi connectivity index (χ3n) is 1.53. The van der Waals surface area contributed by atoms with Gasteiger partial charge in [0.05, 0.1) is 0 Å². The van der Waals surface area contributed by atoms with E-state index in [1.165, 1.54) is 12.1 Å². The monoisotopic (exact) mass is 314 g/mol. The van der Waals surface area contributed by atoms with Gasteiger partial charge in [-0.1, -0.05) is 12.1 Å². The Bertz CT molecular complexity index is 329. The Morgan fingerprint density at radius 3 is 2.14 bits per heavy atom. The van der Waals surface area contributed by atoms with Crippen LogP contribution in [0.2, 0.25) is 0 Å². The second kappa shape index (κ2) is 4.29. The molecule has 0 aliphatic heterocycles. The summed E-state index contributed by atoms with van der Waals surface area (Å²) < 4.78 is 36.4. The van der Waals surface area contributed by atoms with Crippen molar-refractivity contribution < 1.29 is 18.0 Å². The van der Waals surface area contributed by atoms with Crippen molar-refractivity contribution in [2.45, 2.75) is 12.6 Å². The van der Waals surface area contributed by atoms with Gasteiger partial charge in [0.25, 0.3) is 0 Å². The molecule has 0 spiro atoms. The zero-order valence-electron chi connectivity index (χ0n) is 6.94. The predicted octanol–water partition coefficient (Wildman–Crippen LogP) is 3.43. The van der Waals surface area contributed by atoms with E-state index in [1.54, 1.807) is 12.1 Å². The summed E-state index contributed by atoms with van der Waals surface area (Å²) in [6, 6.07) is 6.00. The molecule has 0 N–H and O–H groups in total. The van der Waals surface area contributed by atoms with E-state index < -0.39 is 18.4 Å². The van der Waals surface area contributed by atoms with Crippen LogP contribution in [0, 0.1) is 3.57 Å². The molecule has 0 unspecified atom stereocenters. The first kappa shape index (κ1) is 11.5. The lowest BCUT2D eigenvalue weighted by atomic mass is 10.1. The van der Waals surface area contributed by atoms with Crippen LogP contribution in [0.1, 0.15) is 16.8 Å². The number of rotatable bonds is 2. The highest BCUT2D eigenvalue weighted by Crippen LogP contribution is 2.22. The van der Waals surface area contributed by atoms with Gasteiger partial charge in [-0.25, -0.2) is 0 Å². The molecule has 14 heavy (non-hydrogen) atoms. The highest BCUT2D eigenvalue weighted by atomic mass is 127. The topological polar surface area (TPSA) is 17.1 Å². The van der Waals surface area contributed by atoms with E-state index in [9.17, 15) is 18.0 Å². The summed E-state index contributed by atoms with van der Waals surface area (Å²) in [5, 5.41) is 0. The van der Waals surface area contributed by atoms with Crippen molar-refractivity contribution in [2.24, 2.45) is 0 Å². The molecular weight excluding hydrogens is 308 g/mol. The molecule has 76 valence electrons. The lowest BCUT2D eigenvalue weighted by Gasteiger charge is -2.04. The molecule has 0 fully saturated rings. The molecule has 1 aromatic rings. The van der Waals surface area contributed by atoms with E-state index in [0.717, 1.165) is 3.57 Å². The van der Waals surface area contributed by atoms with Crippen LogP contribution in [-0.4, -0.2) is 12.0 Å². The number of benzene rings is 1. The van der Waals surface area contributed by atoms with Gasteiger partial charge in [-0.2, -0.15) is 13.2 Å². The summed E-state index contributed by atoms with van der Waals surface area (Å²) in [5.74, 6) is -0.895. The first-order chi connectivity index (χ1) is 6.38.